The number of anilines is 1. The second-order valence-corrected chi connectivity index (χ2v) is 10.2. The van der Waals surface area contributed by atoms with Gasteiger partial charge in [0.05, 0.1) is 5.69 Å². The fourth-order valence-electron chi connectivity index (χ4n) is 4.99. The third kappa shape index (κ3) is 4.72. The molecule has 2 aliphatic rings. The van der Waals surface area contributed by atoms with E-state index in [-0.39, 0.29) is 22.7 Å². The Labute approximate surface area is 193 Å². The number of benzene rings is 1. The van der Waals surface area contributed by atoms with Crippen molar-refractivity contribution < 1.29 is 14.7 Å². The van der Waals surface area contributed by atoms with Crippen molar-refractivity contribution in [2.75, 3.05) is 4.90 Å². The average molecular weight is 451 g/mol. The number of carbonyl (C=O) groups is 2. The van der Waals surface area contributed by atoms with E-state index >= 15 is 0 Å². The molecule has 0 aliphatic heterocycles. The second-order valence-electron chi connectivity index (χ2n) is 9.12. The van der Waals surface area contributed by atoms with E-state index in [9.17, 15) is 14.7 Å². The SMILES string of the molecule is CC1CCC(C(=O)N(c2cc(-c3ccccc3)sc2C(=O)O)C2CCC(=C=N)CC2)CC1. The first-order valence-electron chi connectivity index (χ1n) is 11.5. The number of hydrogen-bond acceptors (Lipinski definition) is 4. The molecule has 1 aromatic carbocycles. The zero-order chi connectivity index (χ0) is 22.7. The highest BCUT2D eigenvalue weighted by atomic mass is 32.1. The third-order valence-electron chi connectivity index (χ3n) is 6.93. The fraction of sp³-hybridized carbons (Fsp3) is 0.462. The van der Waals surface area contributed by atoms with Crippen molar-refractivity contribution in [2.24, 2.45) is 11.8 Å². The number of nitrogens with zero attached hydrogens (tertiary/aromatic N) is 1. The van der Waals surface area contributed by atoms with Crippen LogP contribution in [0.1, 0.15) is 68.0 Å². The Bertz CT molecular complexity index is 1020. The van der Waals surface area contributed by atoms with Gasteiger partial charge in [0, 0.05) is 16.8 Å². The number of allylic oxidation sites excluding steroid dienone is 1. The van der Waals surface area contributed by atoms with Gasteiger partial charge in [0.25, 0.3) is 0 Å². The zero-order valence-electron chi connectivity index (χ0n) is 18.5. The summed E-state index contributed by atoms with van der Waals surface area (Å²) in [6.07, 6.45) is 6.77. The molecule has 2 aromatic rings. The number of carboxylic acids is 1. The molecule has 1 aromatic heterocycles. The minimum absolute atomic E-state index is 0.0460. The van der Waals surface area contributed by atoms with E-state index in [0.717, 1.165) is 67.4 Å². The van der Waals surface area contributed by atoms with Gasteiger partial charge in [0.15, 0.2) is 0 Å². The Hall–Kier alpha value is -2.69. The molecular formula is C26H30N2O3S. The zero-order valence-corrected chi connectivity index (χ0v) is 19.3. The van der Waals surface area contributed by atoms with Crippen LogP contribution in [0.3, 0.4) is 0 Å². The molecule has 2 saturated carbocycles. The van der Waals surface area contributed by atoms with Gasteiger partial charge in [-0.1, -0.05) is 37.3 Å². The molecule has 1 amide bonds. The number of thiophene rings is 1. The van der Waals surface area contributed by atoms with E-state index in [0.29, 0.717) is 11.6 Å². The van der Waals surface area contributed by atoms with Gasteiger partial charge in [-0.15, -0.1) is 11.3 Å². The highest BCUT2D eigenvalue weighted by Crippen LogP contribution is 2.41. The maximum Gasteiger partial charge on any atom is 0.348 e. The molecule has 6 heteroatoms. The molecule has 0 saturated heterocycles. The number of carbonyl (C=O) groups excluding carboxylic acids is 1. The normalized spacial score (nSPS) is 23.4. The van der Waals surface area contributed by atoms with E-state index in [1.165, 1.54) is 11.3 Å². The van der Waals surface area contributed by atoms with Crippen LogP contribution in [0.15, 0.2) is 42.0 Å². The molecule has 4 rings (SSSR count). The molecule has 2 aliphatic carbocycles. The summed E-state index contributed by atoms with van der Waals surface area (Å²) in [5.41, 5.74) is 2.48. The van der Waals surface area contributed by atoms with E-state index < -0.39 is 5.97 Å². The van der Waals surface area contributed by atoms with Crippen molar-refractivity contribution in [3.63, 3.8) is 0 Å². The van der Waals surface area contributed by atoms with Gasteiger partial charge in [0.2, 0.25) is 5.91 Å². The molecule has 168 valence electrons. The molecular weight excluding hydrogens is 420 g/mol. The van der Waals surface area contributed by atoms with Crippen LogP contribution in [0.2, 0.25) is 0 Å². The van der Waals surface area contributed by atoms with Gasteiger partial charge in [-0.05, 0) is 80.4 Å². The summed E-state index contributed by atoms with van der Waals surface area (Å²) in [6, 6.07) is 11.6. The minimum atomic E-state index is -0.988. The standard InChI is InChI=1S/C26H30N2O3S/c1-17-7-11-20(12-8-17)25(29)28(21-13-9-18(16-27)10-14-21)22-15-23(32-24(22)26(30)31)19-5-3-2-4-6-19/h2-6,15,17,20-21,27H,7-14H2,1H3,(H,30,31). The van der Waals surface area contributed by atoms with Crippen molar-refractivity contribution in [2.45, 2.75) is 64.3 Å². The number of hydrogen-bond donors (Lipinski definition) is 2. The highest BCUT2D eigenvalue weighted by Gasteiger charge is 2.37. The van der Waals surface area contributed by atoms with Crippen LogP contribution >= 0.6 is 11.3 Å². The summed E-state index contributed by atoms with van der Waals surface area (Å²) in [4.78, 5) is 29.0. The lowest BCUT2D eigenvalue weighted by atomic mass is 9.81. The van der Waals surface area contributed by atoms with Crippen molar-refractivity contribution in [1.29, 1.82) is 5.41 Å². The Morgan fingerprint density at radius 3 is 2.31 bits per heavy atom. The van der Waals surface area contributed by atoms with Crippen LogP contribution in [-0.4, -0.2) is 28.9 Å². The van der Waals surface area contributed by atoms with E-state index in [1.54, 1.807) is 0 Å². The van der Waals surface area contributed by atoms with E-state index in [4.69, 9.17) is 5.41 Å². The molecule has 2 N–H and O–H groups in total. The van der Waals surface area contributed by atoms with E-state index in [1.807, 2.05) is 41.3 Å². The Kier molecular flexibility index (Phi) is 6.92. The van der Waals surface area contributed by atoms with Gasteiger partial charge in [-0.25, -0.2) is 4.79 Å². The molecule has 0 spiro atoms. The monoisotopic (exact) mass is 450 g/mol. The number of amides is 1. The molecule has 0 radical (unpaired) electrons. The topological polar surface area (TPSA) is 81.5 Å². The predicted octanol–water partition coefficient (Wildman–Crippen LogP) is 6.39. The maximum atomic E-state index is 13.9. The number of nitrogens with one attached hydrogen (secondary N) is 1. The number of aromatic carboxylic acids is 1. The smallest absolute Gasteiger partial charge is 0.348 e. The van der Waals surface area contributed by atoms with Crippen LogP contribution in [0, 0.1) is 17.2 Å². The van der Waals surface area contributed by atoms with Gasteiger partial charge >= 0.3 is 5.97 Å². The van der Waals surface area contributed by atoms with Gasteiger partial charge in [-0.3, -0.25) is 10.2 Å². The minimum Gasteiger partial charge on any atom is -0.477 e. The van der Waals surface area contributed by atoms with Crippen LogP contribution in [0.5, 0.6) is 0 Å². The first-order chi connectivity index (χ1) is 15.5. The Morgan fingerprint density at radius 1 is 1.06 bits per heavy atom. The van der Waals surface area contributed by atoms with Crippen LogP contribution in [-0.2, 0) is 4.79 Å². The summed E-state index contributed by atoms with van der Waals surface area (Å²) >= 11 is 1.24. The summed E-state index contributed by atoms with van der Waals surface area (Å²) in [6.45, 7) is 2.23. The van der Waals surface area contributed by atoms with Crippen molar-refractivity contribution in [3.8, 4) is 10.4 Å². The summed E-state index contributed by atoms with van der Waals surface area (Å²) in [7, 11) is 0. The van der Waals surface area contributed by atoms with Crippen molar-refractivity contribution in [3.05, 3.63) is 46.8 Å². The Balaban J connectivity index is 1.73. The molecule has 2 fully saturated rings. The fourth-order valence-corrected chi connectivity index (χ4v) is 5.99. The summed E-state index contributed by atoms with van der Waals surface area (Å²) in [5.74, 6) is 2.21. The summed E-state index contributed by atoms with van der Waals surface area (Å²) < 4.78 is 0. The first kappa shape index (κ1) is 22.5. The van der Waals surface area contributed by atoms with Crippen LogP contribution in [0.25, 0.3) is 10.4 Å². The third-order valence-corrected chi connectivity index (χ3v) is 8.09. The molecule has 0 unspecified atom stereocenters. The predicted molar refractivity (Wildman–Crippen MR) is 129 cm³/mol. The summed E-state index contributed by atoms with van der Waals surface area (Å²) in [5, 5.41) is 17.5. The number of rotatable bonds is 5. The largest absolute Gasteiger partial charge is 0.477 e. The molecule has 0 bridgehead atoms. The lowest BCUT2D eigenvalue weighted by Gasteiger charge is -2.38. The quantitative estimate of drug-likeness (QED) is 0.518. The van der Waals surface area contributed by atoms with Gasteiger partial charge in [0.1, 0.15) is 4.88 Å². The van der Waals surface area contributed by atoms with Gasteiger partial charge in [-0.2, -0.15) is 0 Å². The average Bonchev–Trinajstić information content (AvgIpc) is 3.26. The van der Waals surface area contributed by atoms with Crippen molar-refractivity contribution in [1.82, 2.24) is 0 Å². The lowest BCUT2D eigenvalue weighted by Crippen LogP contribution is -2.46. The van der Waals surface area contributed by atoms with Crippen LogP contribution in [0.4, 0.5) is 5.69 Å². The second kappa shape index (κ2) is 9.85. The van der Waals surface area contributed by atoms with Crippen molar-refractivity contribution >= 4 is 34.8 Å². The van der Waals surface area contributed by atoms with E-state index in [2.05, 4.69) is 12.8 Å². The first-order valence-corrected chi connectivity index (χ1v) is 12.3. The highest BCUT2D eigenvalue weighted by molar-refractivity contribution is 7.18. The Morgan fingerprint density at radius 2 is 1.72 bits per heavy atom. The lowest BCUT2D eigenvalue weighted by molar-refractivity contribution is -0.124. The number of carboxylic acid groups (broad SMARTS) is 1. The van der Waals surface area contributed by atoms with Gasteiger partial charge < -0.3 is 10.0 Å². The molecule has 5 nitrogen and oxygen atoms in total. The maximum absolute atomic E-state index is 13.9. The molecule has 32 heavy (non-hydrogen) atoms. The molecule has 0 atom stereocenters. The van der Waals surface area contributed by atoms with Crippen LogP contribution < -0.4 is 4.90 Å². The molecule has 1 heterocycles.